The molecular weight excluding hydrogens is 274 g/mol. The standard InChI is InChI=1S/C16H24ClNS/c1-3-18-12(2)13-9-10-16(15(17)11-13)19-14-7-5-4-6-8-14/h9-12,14,18H,3-8H2,1-2H3. The molecular formula is C16H24ClNS. The monoisotopic (exact) mass is 297 g/mol. The van der Waals surface area contributed by atoms with Crippen molar-refractivity contribution in [1.29, 1.82) is 0 Å². The van der Waals surface area contributed by atoms with Gasteiger partial charge >= 0.3 is 0 Å². The van der Waals surface area contributed by atoms with Crippen molar-refractivity contribution >= 4 is 23.4 Å². The van der Waals surface area contributed by atoms with Gasteiger partial charge < -0.3 is 5.32 Å². The Morgan fingerprint density at radius 2 is 2.05 bits per heavy atom. The molecule has 1 N–H and O–H groups in total. The second-order valence-corrected chi connectivity index (χ2v) is 7.10. The molecule has 0 radical (unpaired) electrons. The highest BCUT2D eigenvalue weighted by molar-refractivity contribution is 8.00. The second kappa shape index (κ2) is 7.56. The van der Waals surface area contributed by atoms with Crippen LogP contribution in [-0.4, -0.2) is 11.8 Å². The van der Waals surface area contributed by atoms with Crippen LogP contribution in [0.5, 0.6) is 0 Å². The van der Waals surface area contributed by atoms with Crippen molar-refractivity contribution in [2.75, 3.05) is 6.54 Å². The minimum absolute atomic E-state index is 0.372. The van der Waals surface area contributed by atoms with E-state index in [1.165, 1.54) is 42.6 Å². The lowest BCUT2D eigenvalue weighted by atomic mass is 10.0. The highest BCUT2D eigenvalue weighted by atomic mass is 35.5. The molecule has 1 atom stereocenters. The summed E-state index contributed by atoms with van der Waals surface area (Å²) >= 11 is 8.42. The van der Waals surface area contributed by atoms with Crippen molar-refractivity contribution in [2.45, 2.75) is 62.1 Å². The second-order valence-electron chi connectivity index (χ2n) is 5.35. The van der Waals surface area contributed by atoms with E-state index in [0.29, 0.717) is 6.04 Å². The number of nitrogens with one attached hydrogen (secondary N) is 1. The number of hydrogen-bond donors (Lipinski definition) is 1. The Kier molecular flexibility index (Phi) is 6.06. The summed E-state index contributed by atoms with van der Waals surface area (Å²) in [7, 11) is 0. The van der Waals surface area contributed by atoms with Gasteiger partial charge in [-0.3, -0.25) is 0 Å². The van der Waals surface area contributed by atoms with Crippen molar-refractivity contribution in [3.63, 3.8) is 0 Å². The number of halogens is 1. The summed E-state index contributed by atoms with van der Waals surface area (Å²) in [6, 6.07) is 6.91. The van der Waals surface area contributed by atoms with Gasteiger partial charge in [0.05, 0.1) is 5.02 Å². The van der Waals surface area contributed by atoms with Crippen molar-refractivity contribution in [3.05, 3.63) is 28.8 Å². The maximum atomic E-state index is 6.44. The van der Waals surface area contributed by atoms with Gasteiger partial charge in [0.25, 0.3) is 0 Å². The van der Waals surface area contributed by atoms with Crippen LogP contribution in [0.2, 0.25) is 5.02 Å². The van der Waals surface area contributed by atoms with E-state index in [2.05, 4.69) is 37.4 Å². The fourth-order valence-corrected chi connectivity index (χ4v) is 4.24. The van der Waals surface area contributed by atoms with Gasteiger partial charge in [-0.2, -0.15) is 0 Å². The minimum Gasteiger partial charge on any atom is -0.310 e. The van der Waals surface area contributed by atoms with Gasteiger partial charge in [-0.25, -0.2) is 0 Å². The van der Waals surface area contributed by atoms with Crippen molar-refractivity contribution in [1.82, 2.24) is 5.32 Å². The zero-order chi connectivity index (χ0) is 13.7. The molecule has 0 aromatic heterocycles. The molecule has 0 heterocycles. The summed E-state index contributed by atoms with van der Waals surface area (Å²) in [5.74, 6) is 0. The van der Waals surface area contributed by atoms with Gasteiger partial charge in [-0.15, -0.1) is 11.8 Å². The maximum Gasteiger partial charge on any atom is 0.0545 e. The molecule has 1 nitrogen and oxygen atoms in total. The SMILES string of the molecule is CCNC(C)c1ccc(SC2CCCCC2)c(Cl)c1. The number of hydrogen-bond acceptors (Lipinski definition) is 2. The molecule has 0 spiro atoms. The molecule has 0 saturated heterocycles. The lowest BCUT2D eigenvalue weighted by Crippen LogP contribution is -2.17. The molecule has 0 bridgehead atoms. The van der Waals surface area contributed by atoms with E-state index < -0.39 is 0 Å². The molecule has 1 fully saturated rings. The van der Waals surface area contributed by atoms with Crippen LogP contribution in [0.3, 0.4) is 0 Å². The number of benzene rings is 1. The predicted molar refractivity (Wildman–Crippen MR) is 86.3 cm³/mol. The van der Waals surface area contributed by atoms with Gasteiger partial charge in [-0.05, 0) is 44.0 Å². The third kappa shape index (κ3) is 4.40. The van der Waals surface area contributed by atoms with Gasteiger partial charge in [0.15, 0.2) is 0 Å². The van der Waals surface area contributed by atoms with Crippen LogP contribution in [0, 0.1) is 0 Å². The molecule has 1 aromatic rings. The summed E-state index contributed by atoms with van der Waals surface area (Å²) in [5, 5.41) is 5.11. The van der Waals surface area contributed by atoms with Crippen LogP contribution in [0.1, 0.15) is 57.6 Å². The highest BCUT2D eigenvalue weighted by Gasteiger charge is 2.16. The fourth-order valence-electron chi connectivity index (χ4n) is 2.67. The fraction of sp³-hybridized carbons (Fsp3) is 0.625. The Morgan fingerprint density at radius 1 is 1.32 bits per heavy atom. The first-order valence-electron chi connectivity index (χ1n) is 7.40. The highest BCUT2D eigenvalue weighted by Crippen LogP contribution is 2.37. The summed E-state index contributed by atoms with van der Waals surface area (Å²) < 4.78 is 0. The molecule has 2 rings (SSSR count). The molecule has 0 amide bonds. The maximum absolute atomic E-state index is 6.44. The summed E-state index contributed by atoms with van der Waals surface area (Å²) in [6.07, 6.45) is 6.85. The van der Waals surface area contributed by atoms with Crippen molar-refractivity contribution < 1.29 is 0 Å². The van der Waals surface area contributed by atoms with Gasteiger partial charge in [0, 0.05) is 16.2 Å². The Balaban J connectivity index is 2.01. The van der Waals surface area contributed by atoms with E-state index in [0.717, 1.165) is 16.8 Å². The smallest absolute Gasteiger partial charge is 0.0545 e. The minimum atomic E-state index is 0.372. The van der Waals surface area contributed by atoms with Crippen LogP contribution in [0.15, 0.2) is 23.1 Å². The van der Waals surface area contributed by atoms with E-state index in [1.807, 2.05) is 11.8 Å². The van der Waals surface area contributed by atoms with Gasteiger partial charge in [0.1, 0.15) is 0 Å². The van der Waals surface area contributed by atoms with E-state index in [9.17, 15) is 0 Å². The largest absolute Gasteiger partial charge is 0.310 e. The van der Waals surface area contributed by atoms with E-state index in [1.54, 1.807) is 0 Å². The number of thioether (sulfide) groups is 1. The molecule has 3 heteroatoms. The molecule has 1 saturated carbocycles. The molecule has 1 unspecified atom stereocenters. The van der Waals surface area contributed by atoms with Crippen LogP contribution in [-0.2, 0) is 0 Å². The lowest BCUT2D eigenvalue weighted by molar-refractivity contribution is 0.516. The molecule has 19 heavy (non-hydrogen) atoms. The molecule has 1 aliphatic carbocycles. The van der Waals surface area contributed by atoms with E-state index in [4.69, 9.17) is 11.6 Å². The Morgan fingerprint density at radius 3 is 2.68 bits per heavy atom. The van der Waals surface area contributed by atoms with Crippen LogP contribution in [0.4, 0.5) is 0 Å². The molecule has 0 aliphatic heterocycles. The third-order valence-electron chi connectivity index (χ3n) is 3.81. The lowest BCUT2D eigenvalue weighted by Gasteiger charge is -2.22. The first-order chi connectivity index (χ1) is 9.20. The normalized spacial score (nSPS) is 18.5. The van der Waals surface area contributed by atoms with Crippen molar-refractivity contribution in [3.8, 4) is 0 Å². The summed E-state index contributed by atoms with van der Waals surface area (Å²) in [4.78, 5) is 1.25. The zero-order valence-corrected chi connectivity index (χ0v) is 13.5. The Labute approximate surface area is 126 Å². The van der Waals surface area contributed by atoms with Gasteiger partial charge in [0.2, 0.25) is 0 Å². The number of rotatable bonds is 5. The summed E-state index contributed by atoms with van der Waals surface area (Å²) in [6.45, 7) is 5.30. The average molecular weight is 298 g/mol. The van der Waals surface area contributed by atoms with E-state index in [-0.39, 0.29) is 0 Å². The van der Waals surface area contributed by atoms with E-state index >= 15 is 0 Å². The first-order valence-corrected chi connectivity index (χ1v) is 8.66. The molecule has 1 aliphatic rings. The summed E-state index contributed by atoms with van der Waals surface area (Å²) in [5.41, 5.74) is 1.28. The topological polar surface area (TPSA) is 12.0 Å². The Hall–Kier alpha value is -0.180. The molecule has 106 valence electrons. The molecule has 1 aromatic carbocycles. The van der Waals surface area contributed by atoms with Gasteiger partial charge in [-0.1, -0.05) is 43.9 Å². The first kappa shape index (κ1) is 15.2. The quantitative estimate of drug-likeness (QED) is 0.777. The third-order valence-corrected chi connectivity index (χ3v) is 5.65. The van der Waals surface area contributed by atoms with Crippen LogP contribution < -0.4 is 5.32 Å². The zero-order valence-electron chi connectivity index (χ0n) is 11.9. The predicted octanol–water partition coefficient (Wildman–Crippen LogP) is 5.44. The Bertz CT molecular complexity index is 402. The average Bonchev–Trinajstić information content (AvgIpc) is 2.42. The van der Waals surface area contributed by atoms with Crippen LogP contribution >= 0.6 is 23.4 Å². The van der Waals surface area contributed by atoms with Crippen molar-refractivity contribution in [2.24, 2.45) is 0 Å². The van der Waals surface area contributed by atoms with Crippen LogP contribution in [0.25, 0.3) is 0 Å².